The van der Waals surface area contributed by atoms with Gasteiger partial charge in [0, 0.05) is 11.4 Å². The Labute approximate surface area is 141 Å². The highest BCUT2D eigenvalue weighted by Crippen LogP contribution is 2.35. The van der Waals surface area contributed by atoms with E-state index >= 15 is 0 Å². The number of hydrogen-bond acceptors (Lipinski definition) is 3. The summed E-state index contributed by atoms with van der Waals surface area (Å²) in [6.07, 6.45) is 4.05. The lowest BCUT2D eigenvalue weighted by Gasteiger charge is -2.26. The number of carbonyl (C=O) groups excluding carboxylic acids is 1. The van der Waals surface area contributed by atoms with Crippen LogP contribution in [0.2, 0.25) is 0 Å². The average Bonchev–Trinajstić information content (AvgIpc) is 3.10. The summed E-state index contributed by atoms with van der Waals surface area (Å²) in [6, 6.07) is 16.0. The third kappa shape index (κ3) is 3.22. The van der Waals surface area contributed by atoms with Gasteiger partial charge in [-0.3, -0.25) is 4.79 Å². The second kappa shape index (κ2) is 7.09. The van der Waals surface area contributed by atoms with Crippen LogP contribution in [0.15, 0.2) is 53.4 Å². The maximum absolute atomic E-state index is 13.0. The first-order valence-corrected chi connectivity index (χ1v) is 9.05. The van der Waals surface area contributed by atoms with Gasteiger partial charge in [-0.2, -0.15) is 0 Å². The number of hydrogen-bond donors (Lipinski definition) is 0. The fourth-order valence-electron chi connectivity index (χ4n) is 3.18. The van der Waals surface area contributed by atoms with Crippen molar-refractivity contribution >= 4 is 17.7 Å². The highest BCUT2D eigenvalue weighted by Gasteiger charge is 2.31. The van der Waals surface area contributed by atoms with Gasteiger partial charge in [-0.25, -0.2) is 0 Å². The molecule has 1 saturated heterocycles. The fraction of sp³-hybridized carbons (Fsp3) is 0.316. The summed E-state index contributed by atoms with van der Waals surface area (Å²) in [6.45, 7) is 0.809. The Morgan fingerprint density at radius 2 is 2.04 bits per heavy atom. The molecule has 1 amide bonds. The van der Waals surface area contributed by atoms with Gasteiger partial charge in [0.1, 0.15) is 5.75 Å². The van der Waals surface area contributed by atoms with Crippen LogP contribution >= 0.6 is 11.8 Å². The Morgan fingerprint density at radius 3 is 2.83 bits per heavy atom. The lowest BCUT2D eigenvalue weighted by atomic mass is 10.0. The van der Waals surface area contributed by atoms with Gasteiger partial charge in [0.15, 0.2) is 0 Å². The van der Waals surface area contributed by atoms with Gasteiger partial charge in [0.2, 0.25) is 0 Å². The van der Waals surface area contributed by atoms with Crippen molar-refractivity contribution in [3.05, 3.63) is 59.7 Å². The van der Waals surface area contributed by atoms with Gasteiger partial charge in [-0.1, -0.05) is 24.3 Å². The van der Waals surface area contributed by atoms with E-state index in [1.54, 1.807) is 18.9 Å². The van der Waals surface area contributed by atoms with E-state index < -0.39 is 0 Å². The Bertz CT molecular complexity index is 701. The molecule has 1 aliphatic heterocycles. The molecular weight excluding hydrogens is 306 g/mol. The minimum Gasteiger partial charge on any atom is -0.497 e. The molecular formula is C19H21NO2S. The molecule has 1 fully saturated rings. The van der Waals surface area contributed by atoms with Crippen molar-refractivity contribution < 1.29 is 9.53 Å². The van der Waals surface area contributed by atoms with Gasteiger partial charge < -0.3 is 9.64 Å². The van der Waals surface area contributed by atoms with E-state index in [4.69, 9.17) is 4.74 Å². The zero-order valence-electron chi connectivity index (χ0n) is 13.5. The van der Waals surface area contributed by atoms with E-state index in [9.17, 15) is 4.79 Å². The van der Waals surface area contributed by atoms with Crippen molar-refractivity contribution in [3.63, 3.8) is 0 Å². The molecule has 0 bridgehead atoms. The highest BCUT2D eigenvalue weighted by atomic mass is 32.2. The fourth-order valence-corrected chi connectivity index (χ4v) is 3.77. The predicted octanol–water partition coefficient (Wildman–Crippen LogP) is 4.39. The molecule has 1 heterocycles. The third-order valence-electron chi connectivity index (χ3n) is 4.33. The van der Waals surface area contributed by atoms with Crippen LogP contribution in [0.1, 0.15) is 34.8 Å². The normalized spacial score (nSPS) is 17.3. The lowest BCUT2D eigenvalue weighted by molar-refractivity contribution is 0.0732. The third-order valence-corrected chi connectivity index (χ3v) is 5.13. The highest BCUT2D eigenvalue weighted by molar-refractivity contribution is 7.98. The smallest absolute Gasteiger partial charge is 0.255 e. The van der Waals surface area contributed by atoms with Crippen LogP contribution in [0.4, 0.5) is 0 Å². The van der Waals surface area contributed by atoms with Crippen LogP contribution < -0.4 is 4.74 Å². The molecule has 2 aromatic carbocycles. The van der Waals surface area contributed by atoms with Crippen LogP contribution in [0, 0.1) is 0 Å². The number of benzene rings is 2. The van der Waals surface area contributed by atoms with Gasteiger partial charge in [-0.15, -0.1) is 11.8 Å². The number of methoxy groups -OCH3 is 1. The molecule has 0 saturated carbocycles. The summed E-state index contributed by atoms with van der Waals surface area (Å²) in [4.78, 5) is 16.1. The minimum atomic E-state index is 0.125. The zero-order valence-corrected chi connectivity index (χ0v) is 14.3. The molecule has 0 spiro atoms. The monoisotopic (exact) mass is 327 g/mol. The zero-order chi connectivity index (χ0) is 16.2. The Hall–Kier alpha value is -1.94. The summed E-state index contributed by atoms with van der Waals surface area (Å²) >= 11 is 1.62. The molecule has 0 unspecified atom stereocenters. The summed E-state index contributed by atoms with van der Waals surface area (Å²) in [5, 5.41) is 0. The van der Waals surface area contributed by atoms with Gasteiger partial charge in [0.25, 0.3) is 5.91 Å². The Kier molecular flexibility index (Phi) is 4.91. The lowest BCUT2D eigenvalue weighted by Crippen LogP contribution is -2.30. The molecule has 3 nitrogen and oxygen atoms in total. The number of rotatable bonds is 4. The van der Waals surface area contributed by atoms with Crippen LogP contribution in [-0.2, 0) is 0 Å². The molecule has 2 aromatic rings. The molecule has 1 atom stereocenters. The quantitative estimate of drug-likeness (QED) is 0.780. The van der Waals surface area contributed by atoms with E-state index in [-0.39, 0.29) is 11.9 Å². The number of carbonyl (C=O) groups is 1. The van der Waals surface area contributed by atoms with Crippen LogP contribution in [0.5, 0.6) is 5.75 Å². The SMILES string of the molecule is COc1cccc([C@@H]2CCCN2C(=O)c2ccccc2SC)c1. The second-order valence-electron chi connectivity index (χ2n) is 5.63. The van der Waals surface area contributed by atoms with Crippen molar-refractivity contribution in [2.24, 2.45) is 0 Å². The number of ether oxygens (including phenoxy) is 1. The Morgan fingerprint density at radius 1 is 1.22 bits per heavy atom. The van der Waals surface area contributed by atoms with Gasteiger partial charge in [0.05, 0.1) is 18.7 Å². The van der Waals surface area contributed by atoms with Crippen LogP contribution in [0.25, 0.3) is 0 Å². The predicted molar refractivity (Wildman–Crippen MR) is 94.2 cm³/mol. The van der Waals surface area contributed by atoms with E-state index in [0.29, 0.717) is 0 Å². The molecule has 0 radical (unpaired) electrons. The number of thioether (sulfide) groups is 1. The molecule has 3 rings (SSSR count). The largest absolute Gasteiger partial charge is 0.497 e. The standard InChI is InChI=1S/C19H21NO2S/c1-22-15-8-5-7-14(13-15)17-10-6-12-20(17)19(21)16-9-3-4-11-18(16)23-2/h3-5,7-9,11,13,17H,6,10,12H2,1-2H3/t17-/m0/s1. The maximum atomic E-state index is 13.0. The van der Waals surface area contributed by atoms with E-state index in [1.807, 2.05) is 53.6 Å². The Balaban J connectivity index is 1.90. The summed E-state index contributed by atoms with van der Waals surface area (Å²) in [5.41, 5.74) is 1.95. The van der Waals surface area contributed by atoms with E-state index in [1.165, 1.54) is 0 Å². The molecule has 1 aliphatic rings. The van der Waals surface area contributed by atoms with Crippen molar-refractivity contribution in [1.82, 2.24) is 4.90 Å². The van der Waals surface area contributed by atoms with Gasteiger partial charge >= 0.3 is 0 Å². The minimum absolute atomic E-state index is 0.125. The number of likely N-dealkylation sites (tertiary alicyclic amines) is 1. The van der Waals surface area contributed by atoms with Crippen molar-refractivity contribution in [2.75, 3.05) is 19.9 Å². The first-order chi connectivity index (χ1) is 11.2. The first kappa shape index (κ1) is 15.9. The molecule has 23 heavy (non-hydrogen) atoms. The molecule has 0 aliphatic carbocycles. The van der Waals surface area contributed by atoms with Crippen molar-refractivity contribution in [3.8, 4) is 5.75 Å². The summed E-state index contributed by atoms with van der Waals surface area (Å²) in [7, 11) is 1.67. The second-order valence-corrected chi connectivity index (χ2v) is 6.48. The number of nitrogens with zero attached hydrogens (tertiary/aromatic N) is 1. The molecule has 0 N–H and O–H groups in total. The topological polar surface area (TPSA) is 29.5 Å². The average molecular weight is 327 g/mol. The van der Waals surface area contributed by atoms with Crippen molar-refractivity contribution in [1.29, 1.82) is 0 Å². The molecule has 4 heteroatoms. The summed E-state index contributed by atoms with van der Waals surface area (Å²) < 4.78 is 5.32. The van der Waals surface area contributed by atoms with Crippen LogP contribution in [-0.4, -0.2) is 30.7 Å². The van der Waals surface area contributed by atoms with Gasteiger partial charge in [-0.05, 0) is 48.9 Å². The van der Waals surface area contributed by atoms with E-state index in [2.05, 4.69) is 6.07 Å². The van der Waals surface area contributed by atoms with Crippen LogP contribution in [0.3, 0.4) is 0 Å². The molecule has 0 aromatic heterocycles. The summed E-state index contributed by atoms with van der Waals surface area (Å²) in [5.74, 6) is 0.964. The van der Waals surface area contributed by atoms with E-state index in [0.717, 1.165) is 41.2 Å². The maximum Gasteiger partial charge on any atom is 0.255 e. The van der Waals surface area contributed by atoms with Crippen molar-refractivity contribution in [2.45, 2.75) is 23.8 Å². The number of amides is 1. The molecule has 120 valence electrons. The first-order valence-electron chi connectivity index (χ1n) is 7.82.